The molecule has 0 radical (unpaired) electrons. The second-order valence-electron chi connectivity index (χ2n) is 9.86. The smallest absolute Gasteiger partial charge is 0.190 e. The van der Waals surface area contributed by atoms with E-state index in [1.165, 1.54) is 0 Å². The number of fused-ring (bicyclic) bond motifs is 5. The second-order valence-corrected chi connectivity index (χ2v) is 9.86. The number of rotatable bonds is 0. The van der Waals surface area contributed by atoms with E-state index in [4.69, 9.17) is 0 Å². The van der Waals surface area contributed by atoms with Gasteiger partial charge in [0.25, 0.3) is 0 Å². The summed E-state index contributed by atoms with van der Waals surface area (Å²) in [6.07, 6.45) is 5.66. The molecular formula is C21H28N2O4. The van der Waals surface area contributed by atoms with E-state index in [-0.39, 0.29) is 28.6 Å². The maximum absolute atomic E-state index is 12.8. The van der Waals surface area contributed by atoms with Gasteiger partial charge in [-0.15, -0.1) is 0 Å². The van der Waals surface area contributed by atoms with Crippen LogP contribution in [0.3, 0.4) is 0 Å². The molecule has 2 N–H and O–H groups in total. The predicted molar refractivity (Wildman–Crippen MR) is 100 cm³/mol. The summed E-state index contributed by atoms with van der Waals surface area (Å²) in [6.45, 7) is 8.06. The first kappa shape index (κ1) is 18.4. The van der Waals surface area contributed by atoms with Crippen LogP contribution in [0.4, 0.5) is 0 Å². The summed E-state index contributed by atoms with van der Waals surface area (Å²) in [5.41, 5.74) is 0.318. The van der Waals surface area contributed by atoms with E-state index in [9.17, 15) is 20.0 Å². The van der Waals surface area contributed by atoms with Crippen molar-refractivity contribution >= 4 is 23.0 Å². The van der Waals surface area contributed by atoms with Gasteiger partial charge in [0.15, 0.2) is 11.6 Å². The highest BCUT2D eigenvalue weighted by atomic mass is 16.4. The first-order valence-electron chi connectivity index (χ1n) is 9.84. The van der Waals surface area contributed by atoms with Gasteiger partial charge in [-0.2, -0.15) is 0 Å². The fraction of sp³-hybridized carbons (Fsp3) is 0.714. The Morgan fingerprint density at radius 2 is 1.63 bits per heavy atom. The Morgan fingerprint density at radius 3 is 2.26 bits per heavy atom. The predicted octanol–water partition coefficient (Wildman–Crippen LogP) is 3.60. The molecule has 0 aromatic heterocycles. The lowest BCUT2D eigenvalue weighted by Crippen LogP contribution is -2.56. The van der Waals surface area contributed by atoms with Gasteiger partial charge in [0.1, 0.15) is 11.4 Å². The fourth-order valence-electron chi connectivity index (χ4n) is 6.98. The zero-order valence-electron chi connectivity index (χ0n) is 16.5. The molecule has 0 spiro atoms. The van der Waals surface area contributed by atoms with E-state index in [0.717, 1.165) is 24.8 Å². The van der Waals surface area contributed by atoms with Gasteiger partial charge < -0.3 is 10.4 Å². The molecule has 27 heavy (non-hydrogen) atoms. The van der Waals surface area contributed by atoms with Crippen LogP contribution in [0.2, 0.25) is 0 Å². The largest absolute Gasteiger partial charge is 0.411 e. The van der Waals surface area contributed by atoms with Crippen LogP contribution in [0.1, 0.15) is 59.8 Å². The van der Waals surface area contributed by atoms with Crippen molar-refractivity contribution in [1.82, 2.24) is 0 Å². The van der Waals surface area contributed by atoms with Crippen molar-refractivity contribution in [3.05, 3.63) is 11.6 Å². The van der Waals surface area contributed by atoms with Crippen molar-refractivity contribution in [2.75, 3.05) is 0 Å². The monoisotopic (exact) mass is 372 g/mol. The third-order valence-corrected chi connectivity index (χ3v) is 8.33. The lowest BCUT2D eigenvalue weighted by molar-refractivity contribution is -0.129. The Bertz CT molecular complexity index is 824. The molecule has 0 heterocycles. The second kappa shape index (κ2) is 5.52. The molecule has 4 aliphatic carbocycles. The van der Waals surface area contributed by atoms with Crippen molar-refractivity contribution in [1.29, 1.82) is 0 Å². The first-order chi connectivity index (χ1) is 12.6. The minimum absolute atomic E-state index is 0.00913. The van der Waals surface area contributed by atoms with Crippen molar-refractivity contribution in [2.45, 2.75) is 59.8 Å². The van der Waals surface area contributed by atoms with Gasteiger partial charge in [-0.1, -0.05) is 35.8 Å². The number of carbonyl (C=O) groups is 2. The Kier molecular flexibility index (Phi) is 3.76. The third-order valence-electron chi connectivity index (χ3n) is 8.33. The molecule has 0 saturated heterocycles. The molecule has 4 rings (SSSR count). The molecule has 5 atom stereocenters. The van der Waals surface area contributed by atoms with Crippen molar-refractivity contribution in [3.8, 4) is 0 Å². The van der Waals surface area contributed by atoms with Gasteiger partial charge in [-0.25, -0.2) is 0 Å². The number of hydrogen-bond acceptors (Lipinski definition) is 6. The maximum atomic E-state index is 12.8. The number of carbonyl (C=O) groups excluding carboxylic acids is 2. The minimum atomic E-state index is -0.677. The Hall–Kier alpha value is -1.98. The van der Waals surface area contributed by atoms with E-state index in [2.05, 4.69) is 23.3 Å². The van der Waals surface area contributed by atoms with Crippen LogP contribution in [0, 0.1) is 34.0 Å². The lowest BCUT2D eigenvalue weighted by atomic mass is 9.45. The molecular weight excluding hydrogens is 344 g/mol. The van der Waals surface area contributed by atoms with E-state index >= 15 is 0 Å². The summed E-state index contributed by atoms with van der Waals surface area (Å²) in [5, 5.41) is 25.4. The van der Waals surface area contributed by atoms with Crippen LogP contribution < -0.4 is 0 Å². The molecule has 6 heteroatoms. The van der Waals surface area contributed by atoms with Gasteiger partial charge in [-0.05, 0) is 56.3 Å². The molecule has 0 bridgehead atoms. The summed E-state index contributed by atoms with van der Waals surface area (Å²) in [5.74, 6) is 0.651. The number of allylic oxidation sites excluding steroid dienone is 2. The molecule has 146 valence electrons. The molecule has 3 fully saturated rings. The van der Waals surface area contributed by atoms with E-state index in [1.807, 2.05) is 20.8 Å². The van der Waals surface area contributed by atoms with Gasteiger partial charge in [0.05, 0.1) is 5.41 Å². The quantitative estimate of drug-likeness (QED) is 0.385. The van der Waals surface area contributed by atoms with Crippen LogP contribution in [0.5, 0.6) is 0 Å². The number of hydrogen-bond donors (Lipinski definition) is 2. The maximum Gasteiger partial charge on any atom is 0.190 e. The SMILES string of the molecule is CC1(C)C(=O)/C(=N\O)C[C@@]2(C)C1=CC[C@@H]1[C@@H]2CC[C@]2(C)C(=O)/C(=N\O)C[C@@H]12. The number of nitrogens with zero attached hydrogens (tertiary/aromatic N) is 2. The molecule has 3 saturated carbocycles. The Labute approximate surface area is 159 Å². The average molecular weight is 372 g/mol. The van der Waals surface area contributed by atoms with Crippen molar-refractivity contribution < 1.29 is 20.0 Å². The highest BCUT2D eigenvalue weighted by molar-refractivity contribution is 6.44. The Morgan fingerprint density at radius 1 is 0.963 bits per heavy atom. The Balaban J connectivity index is 1.80. The third kappa shape index (κ3) is 2.13. The summed E-state index contributed by atoms with van der Waals surface area (Å²) in [4.78, 5) is 25.5. The van der Waals surface area contributed by atoms with E-state index in [1.54, 1.807) is 0 Å². The van der Waals surface area contributed by atoms with Gasteiger partial charge in [0.2, 0.25) is 0 Å². The topological polar surface area (TPSA) is 99.3 Å². The molecule has 0 amide bonds. The molecule has 0 unspecified atom stereocenters. The summed E-state index contributed by atoms with van der Waals surface area (Å²) in [6, 6.07) is 0. The van der Waals surface area contributed by atoms with Crippen molar-refractivity contribution in [3.63, 3.8) is 0 Å². The summed E-state index contributed by atoms with van der Waals surface area (Å²) < 4.78 is 0. The molecule has 0 aromatic carbocycles. The van der Waals surface area contributed by atoms with Crippen LogP contribution >= 0.6 is 0 Å². The van der Waals surface area contributed by atoms with Crippen LogP contribution in [0.15, 0.2) is 22.0 Å². The van der Waals surface area contributed by atoms with Gasteiger partial charge in [-0.3, -0.25) is 9.59 Å². The van der Waals surface area contributed by atoms with E-state index in [0.29, 0.717) is 30.4 Å². The summed E-state index contributed by atoms with van der Waals surface area (Å²) in [7, 11) is 0. The zero-order valence-corrected chi connectivity index (χ0v) is 16.5. The van der Waals surface area contributed by atoms with Crippen LogP contribution in [0.25, 0.3) is 0 Å². The minimum Gasteiger partial charge on any atom is -0.411 e. The fourth-order valence-corrected chi connectivity index (χ4v) is 6.98. The van der Waals surface area contributed by atoms with Gasteiger partial charge in [0, 0.05) is 18.3 Å². The number of ketones is 2. The molecule has 0 aromatic rings. The number of Topliss-reactive ketones (excluding diaryl/α,β-unsaturated/α-hetero) is 2. The standard InChI is InChI=1S/C21H28N2O4/c1-19(2)16-6-5-11-12(21(16,4)10-15(23-27)17(19)24)7-8-20(3)13(11)9-14(22-26)18(20)25/h6,11-13,26-27H,5,7-10H2,1-4H3/b22-14-,23-15-/t11-,12+,13+,20+,21-/m1/s1. The van der Waals surface area contributed by atoms with E-state index < -0.39 is 10.8 Å². The highest BCUT2D eigenvalue weighted by Gasteiger charge is 2.63. The van der Waals surface area contributed by atoms with Crippen molar-refractivity contribution in [2.24, 2.45) is 44.3 Å². The lowest BCUT2D eigenvalue weighted by Gasteiger charge is -2.58. The van der Waals surface area contributed by atoms with Gasteiger partial charge >= 0.3 is 0 Å². The molecule has 0 aliphatic heterocycles. The average Bonchev–Trinajstić information content (AvgIpc) is 2.89. The molecule has 6 nitrogen and oxygen atoms in total. The number of oxime groups is 2. The molecule has 4 aliphatic rings. The normalized spacial score (nSPS) is 46.1. The zero-order chi connectivity index (χ0) is 19.8. The highest BCUT2D eigenvalue weighted by Crippen LogP contribution is 2.65. The van der Waals surface area contributed by atoms with Crippen LogP contribution in [-0.2, 0) is 9.59 Å². The summed E-state index contributed by atoms with van der Waals surface area (Å²) >= 11 is 0. The first-order valence-corrected chi connectivity index (χ1v) is 9.84. The van der Waals surface area contributed by atoms with Crippen LogP contribution in [-0.4, -0.2) is 33.4 Å².